The fourth-order valence-electron chi connectivity index (χ4n) is 3.39. The minimum atomic E-state index is -0.866. The van der Waals surface area contributed by atoms with Gasteiger partial charge in [-0.1, -0.05) is 56.6 Å². The number of halogens is 1. The molecule has 0 unspecified atom stereocenters. The summed E-state index contributed by atoms with van der Waals surface area (Å²) in [5, 5.41) is 13.4. The van der Waals surface area contributed by atoms with E-state index in [4.69, 9.17) is 4.52 Å². The number of hydrogen-bond acceptors (Lipinski definition) is 8. The lowest BCUT2D eigenvalue weighted by Gasteiger charge is -2.19. The van der Waals surface area contributed by atoms with Crippen molar-refractivity contribution in [3.63, 3.8) is 0 Å². The number of rotatable bonds is 4. The lowest BCUT2D eigenvalue weighted by Crippen LogP contribution is -2.39. The Labute approximate surface area is 173 Å². The molecule has 0 saturated carbocycles. The summed E-state index contributed by atoms with van der Waals surface area (Å²) in [6, 6.07) is 14.6. The third-order valence-corrected chi connectivity index (χ3v) is 5.21. The van der Waals surface area contributed by atoms with Crippen molar-refractivity contribution in [3.8, 4) is 11.4 Å². The summed E-state index contributed by atoms with van der Waals surface area (Å²) >= 11 is 3.41. The van der Waals surface area contributed by atoms with Crippen LogP contribution in [0.3, 0.4) is 0 Å². The van der Waals surface area contributed by atoms with Crippen LogP contribution in [0.2, 0.25) is 0 Å². The van der Waals surface area contributed by atoms with E-state index in [1.807, 2.05) is 30.3 Å². The Balaban J connectivity index is 1.37. The van der Waals surface area contributed by atoms with E-state index >= 15 is 0 Å². The van der Waals surface area contributed by atoms with Gasteiger partial charge in [0.1, 0.15) is 6.54 Å². The molecule has 1 aromatic heterocycles. The first-order valence-corrected chi connectivity index (χ1v) is 9.60. The second-order valence-corrected chi connectivity index (χ2v) is 7.48. The molecule has 2 atom stereocenters. The number of aromatic nitrogens is 2. The van der Waals surface area contributed by atoms with Crippen molar-refractivity contribution in [2.75, 3.05) is 4.90 Å². The van der Waals surface area contributed by atoms with E-state index in [1.54, 1.807) is 24.3 Å². The van der Waals surface area contributed by atoms with Crippen LogP contribution in [0, 0.1) is 0 Å². The van der Waals surface area contributed by atoms with Crippen molar-refractivity contribution >= 4 is 33.4 Å². The Morgan fingerprint density at radius 2 is 1.86 bits per heavy atom. The highest BCUT2D eigenvalue weighted by Gasteiger charge is 2.55. The molecule has 2 amide bonds. The average Bonchev–Trinajstić information content (AvgIpc) is 3.41. The van der Waals surface area contributed by atoms with Crippen LogP contribution in [0.15, 0.2) is 73.9 Å². The molecule has 2 aliphatic rings. The zero-order valence-electron chi connectivity index (χ0n) is 14.8. The van der Waals surface area contributed by atoms with E-state index in [9.17, 15) is 9.59 Å². The summed E-state index contributed by atoms with van der Waals surface area (Å²) in [7, 11) is 0. The predicted octanol–water partition coefficient (Wildman–Crippen LogP) is 2.99. The van der Waals surface area contributed by atoms with Gasteiger partial charge in [0.25, 0.3) is 11.8 Å². The van der Waals surface area contributed by atoms with Gasteiger partial charge in [0.2, 0.25) is 11.7 Å². The minimum Gasteiger partial charge on any atom is -0.337 e. The number of carbonyl (C=O) groups is 2. The highest BCUT2D eigenvalue weighted by Crippen LogP contribution is 2.32. The lowest BCUT2D eigenvalue weighted by molar-refractivity contribution is -0.123. The third kappa shape index (κ3) is 3.01. The largest absolute Gasteiger partial charge is 0.337 e. The molecule has 2 aromatic carbocycles. The van der Waals surface area contributed by atoms with Crippen molar-refractivity contribution in [1.82, 2.24) is 15.1 Å². The van der Waals surface area contributed by atoms with Gasteiger partial charge >= 0.3 is 0 Å². The third-order valence-electron chi connectivity index (χ3n) is 4.72. The Kier molecular flexibility index (Phi) is 4.20. The molecular weight excluding hydrogens is 440 g/mol. The number of benzene rings is 2. The van der Waals surface area contributed by atoms with Crippen molar-refractivity contribution in [3.05, 3.63) is 65.0 Å². The number of imide groups is 1. The molecular formula is C19H13BrN6O3. The molecule has 0 radical (unpaired) electrons. The second-order valence-electron chi connectivity index (χ2n) is 6.56. The maximum atomic E-state index is 12.9. The summed E-state index contributed by atoms with van der Waals surface area (Å²) in [6.07, 6.45) is 0. The SMILES string of the molecule is O=C1[C@@H]2[C@@H](N=NN2Cc2nc(-c3cccc(Br)c3)no2)C(=O)N1c1ccccc1. The summed E-state index contributed by atoms with van der Waals surface area (Å²) in [5.74, 6) is -0.0626. The fraction of sp³-hybridized carbons (Fsp3) is 0.158. The monoisotopic (exact) mass is 452 g/mol. The summed E-state index contributed by atoms with van der Waals surface area (Å²) < 4.78 is 6.21. The quantitative estimate of drug-likeness (QED) is 0.563. The van der Waals surface area contributed by atoms with Gasteiger partial charge in [-0.2, -0.15) is 10.1 Å². The Morgan fingerprint density at radius 3 is 2.66 bits per heavy atom. The predicted molar refractivity (Wildman–Crippen MR) is 104 cm³/mol. The van der Waals surface area contributed by atoms with Crippen molar-refractivity contribution in [2.45, 2.75) is 18.6 Å². The van der Waals surface area contributed by atoms with Gasteiger partial charge in [0.15, 0.2) is 12.1 Å². The first-order valence-electron chi connectivity index (χ1n) is 8.80. The van der Waals surface area contributed by atoms with Crippen molar-refractivity contribution < 1.29 is 14.1 Å². The molecule has 1 saturated heterocycles. The number of hydrogen-bond donors (Lipinski definition) is 0. The molecule has 1 fully saturated rings. The summed E-state index contributed by atoms with van der Waals surface area (Å²) in [4.78, 5) is 31.1. The molecule has 29 heavy (non-hydrogen) atoms. The molecule has 0 aliphatic carbocycles. The maximum absolute atomic E-state index is 12.9. The molecule has 0 N–H and O–H groups in total. The van der Waals surface area contributed by atoms with Crippen LogP contribution in [0.4, 0.5) is 5.69 Å². The molecule has 10 heteroatoms. The zero-order chi connectivity index (χ0) is 20.0. The van der Waals surface area contributed by atoms with Gasteiger partial charge in [-0.15, -0.1) is 0 Å². The fourth-order valence-corrected chi connectivity index (χ4v) is 3.79. The van der Waals surface area contributed by atoms with E-state index in [-0.39, 0.29) is 18.3 Å². The van der Waals surface area contributed by atoms with Crippen LogP contribution < -0.4 is 4.90 Å². The van der Waals surface area contributed by atoms with Crippen molar-refractivity contribution in [2.24, 2.45) is 10.3 Å². The van der Waals surface area contributed by atoms with Crippen LogP contribution in [0.25, 0.3) is 11.4 Å². The Hall–Kier alpha value is -3.40. The molecule has 9 nitrogen and oxygen atoms in total. The number of anilines is 1. The van der Waals surface area contributed by atoms with Crippen LogP contribution in [-0.2, 0) is 16.1 Å². The molecule has 5 rings (SSSR count). The van der Waals surface area contributed by atoms with E-state index < -0.39 is 18.0 Å². The van der Waals surface area contributed by atoms with Crippen LogP contribution >= 0.6 is 15.9 Å². The van der Waals surface area contributed by atoms with Gasteiger partial charge in [0.05, 0.1) is 5.69 Å². The number of carbonyl (C=O) groups excluding carboxylic acids is 2. The molecule has 3 aromatic rings. The van der Waals surface area contributed by atoms with Crippen LogP contribution in [0.1, 0.15) is 5.89 Å². The Bertz CT molecular complexity index is 1130. The normalized spacial score (nSPS) is 20.6. The second kappa shape index (κ2) is 6.89. The first-order chi connectivity index (χ1) is 14.1. The molecule has 0 spiro atoms. The highest BCUT2D eigenvalue weighted by atomic mass is 79.9. The smallest absolute Gasteiger partial charge is 0.263 e. The van der Waals surface area contributed by atoms with E-state index in [1.165, 1.54) is 5.01 Å². The Morgan fingerprint density at radius 1 is 1.03 bits per heavy atom. The summed E-state index contributed by atoms with van der Waals surface area (Å²) in [5.41, 5.74) is 1.31. The van der Waals surface area contributed by atoms with E-state index in [0.29, 0.717) is 11.5 Å². The number of para-hydroxylation sites is 1. The average molecular weight is 453 g/mol. The standard InChI is InChI=1S/C19H13BrN6O3/c20-12-6-4-5-11(9-12)17-21-14(29-23-17)10-25-16-15(22-24-25)18(27)26(19(16)28)13-7-2-1-3-8-13/h1-9,15-16H,10H2/t15-,16+/m1/s1. The van der Waals surface area contributed by atoms with Crippen LogP contribution in [0.5, 0.6) is 0 Å². The van der Waals surface area contributed by atoms with E-state index in [2.05, 4.69) is 36.4 Å². The molecule has 2 aliphatic heterocycles. The number of fused-ring (bicyclic) bond motifs is 1. The minimum absolute atomic E-state index is 0.0767. The van der Waals surface area contributed by atoms with Gasteiger partial charge in [-0.05, 0) is 24.3 Å². The molecule has 0 bridgehead atoms. The number of amides is 2. The van der Waals surface area contributed by atoms with Crippen molar-refractivity contribution in [1.29, 1.82) is 0 Å². The van der Waals surface area contributed by atoms with Gasteiger partial charge in [-0.3, -0.25) is 14.6 Å². The van der Waals surface area contributed by atoms with Gasteiger partial charge < -0.3 is 4.52 Å². The zero-order valence-corrected chi connectivity index (χ0v) is 16.4. The summed E-state index contributed by atoms with van der Waals surface area (Å²) in [6.45, 7) is 0.0767. The first kappa shape index (κ1) is 17.7. The molecule has 3 heterocycles. The number of nitrogens with zero attached hydrogens (tertiary/aromatic N) is 6. The van der Waals surface area contributed by atoms with Gasteiger partial charge in [-0.25, -0.2) is 4.90 Å². The van der Waals surface area contributed by atoms with E-state index in [0.717, 1.165) is 14.9 Å². The highest BCUT2D eigenvalue weighted by molar-refractivity contribution is 9.10. The molecule has 144 valence electrons. The topological polar surface area (TPSA) is 104 Å². The van der Waals surface area contributed by atoms with Crippen LogP contribution in [-0.4, -0.2) is 39.0 Å². The lowest BCUT2D eigenvalue weighted by atomic mass is 10.1. The van der Waals surface area contributed by atoms with Gasteiger partial charge in [0, 0.05) is 10.0 Å². The maximum Gasteiger partial charge on any atom is 0.263 e.